The second-order valence-corrected chi connectivity index (χ2v) is 7.74. The van der Waals surface area contributed by atoms with Crippen LogP contribution in [0.5, 0.6) is 0 Å². The van der Waals surface area contributed by atoms with Crippen molar-refractivity contribution < 1.29 is 30.8 Å². The van der Waals surface area contributed by atoms with Gasteiger partial charge in [-0.25, -0.2) is 13.8 Å². The van der Waals surface area contributed by atoms with Crippen LogP contribution in [0.2, 0.25) is 0 Å². The molecular weight excluding hydrogens is 447 g/mol. The third kappa shape index (κ3) is 3.19. The summed E-state index contributed by atoms with van der Waals surface area (Å²) in [6.45, 7) is -2.64. The van der Waals surface area contributed by atoms with Crippen molar-refractivity contribution in [3.8, 4) is 22.5 Å². The van der Waals surface area contributed by atoms with Crippen LogP contribution in [-0.4, -0.2) is 41.7 Å². The number of aromatic nitrogens is 6. The fourth-order valence-corrected chi connectivity index (χ4v) is 3.88. The number of rotatable bonds is 2. The van der Waals surface area contributed by atoms with Gasteiger partial charge >= 0.3 is 6.18 Å². The van der Waals surface area contributed by atoms with Gasteiger partial charge in [-0.05, 0) is 32.8 Å². The van der Waals surface area contributed by atoms with Crippen molar-refractivity contribution in [2.75, 3.05) is 0 Å². The molecule has 1 atom stereocenters. The number of nitrogens with one attached hydrogen (secondary N) is 1. The predicted molar refractivity (Wildman–Crippen MR) is 107 cm³/mol. The third-order valence-corrected chi connectivity index (χ3v) is 5.55. The lowest BCUT2D eigenvalue weighted by Crippen LogP contribution is -2.51. The Morgan fingerprint density at radius 2 is 2.00 bits per heavy atom. The van der Waals surface area contributed by atoms with E-state index in [0.717, 1.165) is 16.9 Å². The number of aromatic amines is 1. The van der Waals surface area contributed by atoms with Gasteiger partial charge in [-0.1, -0.05) is 0 Å². The highest BCUT2D eigenvalue weighted by Crippen LogP contribution is 2.45. The molecule has 1 aliphatic heterocycles. The quantitative estimate of drug-likeness (QED) is 0.435. The van der Waals surface area contributed by atoms with Gasteiger partial charge in [0.1, 0.15) is 11.5 Å². The second-order valence-electron chi connectivity index (χ2n) is 7.74. The number of aryl methyl sites for hydroxylation is 2. The largest absolute Gasteiger partial charge is 0.419 e. The van der Waals surface area contributed by atoms with E-state index in [1.54, 1.807) is 6.92 Å². The van der Waals surface area contributed by atoms with Crippen LogP contribution < -0.4 is 0 Å². The molecule has 1 aliphatic rings. The molecule has 0 saturated carbocycles. The van der Waals surface area contributed by atoms with E-state index in [9.17, 15) is 17.6 Å². The van der Waals surface area contributed by atoms with Gasteiger partial charge in [0.05, 0.1) is 41.8 Å². The Kier molecular flexibility index (Phi) is 3.86. The summed E-state index contributed by atoms with van der Waals surface area (Å²) in [6, 6.07) is 2.30. The highest BCUT2D eigenvalue weighted by molar-refractivity contribution is 5.99. The van der Waals surface area contributed by atoms with Crippen LogP contribution >= 0.6 is 0 Å². The second kappa shape index (κ2) is 7.04. The van der Waals surface area contributed by atoms with Gasteiger partial charge in [-0.2, -0.15) is 23.4 Å². The number of hydrogen-bond donors (Lipinski definition) is 1. The lowest BCUT2D eigenvalue weighted by atomic mass is 9.95. The molecule has 0 saturated heterocycles. The molecular formula is C21H17F5N6O. The van der Waals surface area contributed by atoms with E-state index in [0.29, 0.717) is 5.69 Å². The van der Waals surface area contributed by atoms with Crippen molar-refractivity contribution in [3.63, 3.8) is 0 Å². The molecule has 4 aromatic heterocycles. The number of H-pyrrole nitrogens is 1. The molecule has 12 heteroatoms. The summed E-state index contributed by atoms with van der Waals surface area (Å²) in [5, 5.41) is 11.2. The first-order chi connectivity index (χ1) is 16.7. The van der Waals surface area contributed by atoms with E-state index >= 15 is 4.39 Å². The van der Waals surface area contributed by atoms with E-state index in [2.05, 4.69) is 25.3 Å². The van der Waals surface area contributed by atoms with Gasteiger partial charge in [0, 0.05) is 20.9 Å². The summed E-state index contributed by atoms with van der Waals surface area (Å²) >= 11 is 0. The minimum Gasteiger partial charge on any atom is -0.358 e. The molecule has 1 N–H and O–H groups in total. The monoisotopic (exact) mass is 467 g/mol. The van der Waals surface area contributed by atoms with Crippen LogP contribution in [0.1, 0.15) is 28.0 Å². The maximum absolute atomic E-state index is 15.7. The maximum Gasteiger partial charge on any atom is 0.419 e. The molecule has 0 unspecified atom stereocenters. The molecule has 0 fully saturated rings. The normalized spacial score (nSPS) is 20.4. The summed E-state index contributed by atoms with van der Waals surface area (Å²) in [7, 11) is 0. The minimum absolute atomic E-state index is 0.00773. The Morgan fingerprint density at radius 3 is 2.67 bits per heavy atom. The van der Waals surface area contributed by atoms with Crippen LogP contribution in [0.25, 0.3) is 33.5 Å². The highest BCUT2D eigenvalue weighted by atomic mass is 19.4. The summed E-state index contributed by atoms with van der Waals surface area (Å²) in [5.41, 5.74) is -3.10. The first kappa shape index (κ1) is 18.1. The van der Waals surface area contributed by atoms with Crippen molar-refractivity contribution in [1.29, 1.82) is 0 Å². The predicted octanol–water partition coefficient (Wildman–Crippen LogP) is 4.63. The van der Waals surface area contributed by atoms with Gasteiger partial charge in [-0.15, -0.1) is 0 Å². The molecule has 0 spiro atoms. The lowest BCUT2D eigenvalue weighted by molar-refractivity contribution is -0.287. The Balaban J connectivity index is 1.85. The molecule has 0 aliphatic carbocycles. The van der Waals surface area contributed by atoms with E-state index in [4.69, 9.17) is 8.85 Å². The fourth-order valence-electron chi connectivity index (χ4n) is 3.88. The van der Waals surface area contributed by atoms with Gasteiger partial charge in [0.25, 0.3) is 0 Å². The zero-order valence-electron chi connectivity index (χ0n) is 20.2. The number of pyridine rings is 2. The molecule has 5 heterocycles. The molecule has 0 bridgehead atoms. The molecule has 0 amide bonds. The van der Waals surface area contributed by atoms with Crippen LogP contribution in [0.15, 0.2) is 18.3 Å². The van der Waals surface area contributed by atoms with E-state index in [1.807, 2.05) is 0 Å². The van der Waals surface area contributed by atoms with Crippen LogP contribution in [0.4, 0.5) is 22.0 Å². The average Bonchev–Trinajstić information content (AvgIpc) is 3.34. The summed E-state index contributed by atoms with van der Waals surface area (Å²) in [4.78, 5) is 8.08. The third-order valence-electron chi connectivity index (χ3n) is 5.55. The Hall–Kier alpha value is -3.41. The van der Waals surface area contributed by atoms with E-state index in [-0.39, 0.29) is 44.9 Å². The zero-order chi connectivity index (χ0) is 26.2. The van der Waals surface area contributed by atoms with Crippen LogP contribution in [0.3, 0.4) is 0 Å². The van der Waals surface area contributed by atoms with Crippen LogP contribution in [-0.2, 0) is 17.9 Å². The highest BCUT2D eigenvalue weighted by Gasteiger charge is 2.55. The number of halogens is 5. The molecule has 33 heavy (non-hydrogen) atoms. The van der Waals surface area contributed by atoms with E-state index in [1.165, 1.54) is 13.0 Å². The van der Waals surface area contributed by atoms with Gasteiger partial charge in [0.15, 0.2) is 17.1 Å². The number of fused-ring (bicyclic) bond motifs is 2. The molecule has 7 nitrogen and oxygen atoms in total. The van der Waals surface area contributed by atoms with Crippen molar-refractivity contribution >= 4 is 11.0 Å². The maximum atomic E-state index is 15.7. The minimum atomic E-state index is -5.27. The van der Waals surface area contributed by atoms with Gasteiger partial charge < -0.3 is 4.74 Å². The van der Waals surface area contributed by atoms with Gasteiger partial charge in [-0.3, -0.25) is 14.8 Å². The smallest absolute Gasteiger partial charge is 0.358 e. The number of nitrogens with zero attached hydrogens (tertiary/aromatic N) is 5. The standard InChI is InChI=1S/C21H17F5N6O/c1-9-14-16(17(23)10(2)28-19(14)30-29-9)15-13-7-33-20(3,21(24,25)26)8-32(13)31-18(15)12-5-4-11(22)6-27-12/h4-6H,7-8H2,1-3H3,(H,28,29,30)/t20-/m0/s1/i3D3. The Bertz CT molecular complexity index is 1480. The molecule has 172 valence electrons. The first-order valence-electron chi connectivity index (χ1n) is 11.2. The van der Waals surface area contributed by atoms with Crippen molar-refractivity contribution in [2.45, 2.75) is 45.6 Å². The fraction of sp³-hybridized carbons (Fsp3) is 0.333. The van der Waals surface area contributed by atoms with Crippen molar-refractivity contribution in [1.82, 2.24) is 29.9 Å². The number of ether oxygens (including phenoxy) is 1. The Morgan fingerprint density at radius 1 is 1.21 bits per heavy atom. The summed E-state index contributed by atoms with van der Waals surface area (Å²) < 4.78 is 100. The van der Waals surface area contributed by atoms with Gasteiger partial charge in [0.2, 0.25) is 0 Å². The SMILES string of the molecule is [2H]C([2H])([2H])[C@@]1(C(F)(F)F)Cn2nc(-c3ccc(F)cn3)c(-c3c(F)c(C)nc4n[nH]c(C)c34)c2CO1. The van der Waals surface area contributed by atoms with Crippen molar-refractivity contribution in [3.05, 3.63) is 47.0 Å². The zero-order valence-corrected chi connectivity index (χ0v) is 17.2. The Labute approximate surface area is 187 Å². The van der Waals surface area contributed by atoms with Crippen LogP contribution in [0, 0.1) is 25.5 Å². The first-order valence-corrected chi connectivity index (χ1v) is 9.68. The summed E-state index contributed by atoms with van der Waals surface area (Å²) in [5.74, 6) is -1.46. The average molecular weight is 467 g/mol. The molecule has 0 radical (unpaired) electrons. The van der Waals surface area contributed by atoms with Crippen molar-refractivity contribution in [2.24, 2.45) is 0 Å². The molecule has 0 aromatic carbocycles. The lowest BCUT2D eigenvalue weighted by Gasteiger charge is -2.36. The molecule has 4 aromatic rings. The number of hydrogen-bond acceptors (Lipinski definition) is 5. The van der Waals surface area contributed by atoms with E-state index < -0.39 is 43.4 Å². The number of alkyl halides is 3. The summed E-state index contributed by atoms with van der Waals surface area (Å²) in [6.07, 6.45) is -4.40. The topological polar surface area (TPSA) is 81.5 Å². The molecule has 5 rings (SSSR count).